The SMILES string of the molecule is O=C(O)CCC1CN(C(=O)Cc2cccc(O)c2)CCC1N1CCOCC1. The molecule has 3 rings (SSSR count). The summed E-state index contributed by atoms with van der Waals surface area (Å²) in [6.07, 6.45) is 1.81. The van der Waals surface area contributed by atoms with Crippen LogP contribution in [0.1, 0.15) is 24.8 Å². The van der Waals surface area contributed by atoms with Crippen molar-refractivity contribution in [3.05, 3.63) is 29.8 Å². The average Bonchev–Trinajstić information content (AvgIpc) is 2.67. The lowest BCUT2D eigenvalue weighted by atomic mass is 9.86. The first kappa shape index (κ1) is 19.6. The molecular weight excluding hydrogens is 348 g/mol. The topological polar surface area (TPSA) is 90.3 Å². The summed E-state index contributed by atoms with van der Waals surface area (Å²) >= 11 is 0. The number of carboxylic acids is 1. The van der Waals surface area contributed by atoms with E-state index in [1.54, 1.807) is 18.2 Å². The second-order valence-electron chi connectivity index (χ2n) is 7.38. The largest absolute Gasteiger partial charge is 0.508 e. The number of phenols is 1. The van der Waals surface area contributed by atoms with Crippen LogP contribution in [0, 0.1) is 5.92 Å². The predicted octanol–water partition coefficient (Wildman–Crippen LogP) is 1.35. The van der Waals surface area contributed by atoms with E-state index in [0.29, 0.717) is 38.8 Å². The van der Waals surface area contributed by atoms with Gasteiger partial charge in [0.1, 0.15) is 5.75 Å². The van der Waals surface area contributed by atoms with Gasteiger partial charge < -0.3 is 19.8 Å². The molecule has 2 saturated heterocycles. The number of benzene rings is 1. The fourth-order valence-corrected chi connectivity index (χ4v) is 4.18. The number of aliphatic carboxylic acids is 1. The van der Waals surface area contributed by atoms with Gasteiger partial charge in [-0.25, -0.2) is 0 Å². The molecule has 2 aliphatic heterocycles. The maximum Gasteiger partial charge on any atom is 0.303 e. The number of carbonyl (C=O) groups is 2. The molecule has 1 aromatic carbocycles. The zero-order chi connectivity index (χ0) is 19.2. The van der Waals surface area contributed by atoms with Gasteiger partial charge in [-0.3, -0.25) is 14.5 Å². The van der Waals surface area contributed by atoms with Gasteiger partial charge in [-0.2, -0.15) is 0 Å². The lowest BCUT2D eigenvalue weighted by Gasteiger charge is -2.45. The molecule has 0 spiro atoms. The zero-order valence-corrected chi connectivity index (χ0v) is 15.5. The van der Waals surface area contributed by atoms with Crippen LogP contribution in [0.25, 0.3) is 0 Å². The van der Waals surface area contributed by atoms with Crippen molar-refractivity contribution in [1.29, 1.82) is 0 Å². The zero-order valence-electron chi connectivity index (χ0n) is 15.5. The normalized spacial score (nSPS) is 23.9. The third-order valence-corrected chi connectivity index (χ3v) is 5.56. The number of aromatic hydroxyl groups is 1. The van der Waals surface area contributed by atoms with Crippen molar-refractivity contribution in [2.24, 2.45) is 5.92 Å². The maximum absolute atomic E-state index is 12.7. The quantitative estimate of drug-likeness (QED) is 0.779. The van der Waals surface area contributed by atoms with Crippen LogP contribution < -0.4 is 0 Å². The molecule has 27 heavy (non-hydrogen) atoms. The second kappa shape index (κ2) is 9.19. The fourth-order valence-electron chi connectivity index (χ4n) is 4.18. The van der Waals surface area contributed by atoms with Crippen molar-refractivity contribution in [2.75, 3.05) is 39.4 Å². The molecule has 2 atom stereocenters. The molecule has 0 aliphatic carbocycles. The lowest BCUT2D eigenvalue weighted by Crippen LogP contribution is -2.55. The first-order valence-electron chi connectivity index (χ1n) is 9.62. The van der Waals surface area contributed by atoms with E-state index in [1.807, 2.05) is 11.0 Å². The van der Waals surface area contributed by atoms with Gasteiger partial charge in [0.05, 0.1) is 19.6 Å². The molecule has 2 heterocycles. The van der Waals surface area contributed by atoms with Crippen molar-refractivity contribution in [3.63, 3.8) is 0 Å². The summed E-state index contributed by atoms with van der Waals surface area (Å²) in [7, 11) is 0. The Bertz CT molecular complexity index is 660. The summed E-state index contributed by atoms with van der Waals surface area (Å²) in [5.74, 6) is -0.452. The number of carboxylic acid groups (broad SMARTS) is 1. The summed E-state index contributed by atoms with van der Waals surface area (Å²) in [6, 6.07) is 7.07. The maximum atomic E-state index is 12.7. The lowest BCUT2D eigenvalue weighted by molar-refractivity contribution is -0.138. The molecule has 7 heteroatoms. The van der Waals surface area contributed by atoms with Crippen molar-refractivity contribution >= 4 is 11.9 Å². The highest BCUT2D eigenvalue weighted by atomic mass is 16.5. The Hall–Kier alpha value is -2.12. The average molecular weight is 376 g/mol. The van der Waals surface area contributed by atoms with Crippen molar-refractivity contribution in [3.8, 4) is 5.75 Å². The highest BCUT2D eigenvalue weighted by Gasteiger charge is 2.35. The molecule has 0 aromatic heterocycles. The van der Waals surface area contributed by atoms with Crippen LogP contribution in [0.3, 0.4) is 0 Å². The number of amides is 1. The Morgan fingerprint density at radius 2 is 1.96 bits per heavy atom. The number of likely N-dealkylation sites (tertiary alicyclic amines) is 1. The monoisotopic (exact) mass is 376 g/mol. The van der Waals surface area contributed by atoms with Crippen LogP contribution in [-0.2, 0) is 20.7 Å². The van der Waals surface area contributed by atoms with Gasteiger partial charge in [-0.15, -0.1) is 0 Å². The van der Waals surface area contributed by atoms with E-state index >= 15 is 0 Å². The molecule has 1 amide bonds. The Labute approximate surface area is 159 Å². The van der Waals surface area contributed by atoms with Crippen molar-refractivity contribution < 1.29 is 24.5 Å². The number of ether oxygens (including phenoxy) is 1. The summed E-state index contributed by atoms with van der Waals surface area (Å²) in [5, 5.41) is 18.7. The Morgan fingerprint density at radius 3 is 2.67 bits per heavy atom. The standard InChI is InChI=1S/C20H28N2O5/c23-17-3-1-2-15(12-17)13-19(24)22-7-6-18(21-8-10-27-11-9-21)16(14-22)4-5-20(25)26/h1-3,12,16,18,23H,4-11,13-14H2,(H,25,26). The molecule has 0 saturated carbocycles. The number of phenolic OH excluding ortho intramolecular Hbond substituents is 1. The summed E-state index contributed by atoms with van der Waals surface area (Å²) in [5.41, 5.74) is 0.789. The Balaban J connectivity index is 1.64. The summed E-state index contributed by atoms with van der Waals surface area (Å²) < 4.78 is 5.44. The van der Waals surface area contributed by atoms with Gasteiger partial charge in [0.2, 0.25) is 5.91 Å². The van der Waals surface area contributed by atoms with Crippen LogP contribution in [-0.4, -0.2) is 77.3 Å². The molecule has 2 aliphatic rings. The highest BCUT2D eigenvalue weighted by Crippen LogP contribution is 2.27. The van der Waals surface area contributed by atoms with Gasteiger partial charge in [0, 0.05) is 38.6 Å². The third-order valence-electron chi connectivity index (χ3n) is 5.56. The third kappa shape index (κ3) is 5.43. The van der Waals surface area contributed by atoms with E-state index in [-0.39, 0.29) is 30.4 Å². The van der Waals surface area contributed by atoms with Crippen molar-refractivity contribution in [2.45, 2.75) is 31.7 Å². The molecule has 0 bridgehead atoms. The van der Waals surface area contributed by atoms with Gasteiger partial charge in [-0.1, -0.05) is 12.1 Å². The van der Waals surface area contributed by atoms with Crippen LogP contribution in [0.2, 0.25) is 0 Å². The Morgan fingerprint density at radius 1 is 1.19 bits per heavy atom. The van der Waals surface area contributed by atoms with E-state index in [2.05, 4.69) is 4.90 Å². The molecule has 0 radical (unpaired) electrons. The van der Waals surface area contributed by atoms with E-state index in [1.165, 1.54) is 0 Å². The fraction of sp³-hybridized carbons (Fsp3) is 0.600. The van der Waals surface area contributed by atoms with Crippen LogP contribution in [0.4, 0.5) is 0 Å². The number of carbonyl (C=O) groups excluding carboxylic acids is 1. The minimum atomic E-state index is -0.793. The first-order valence-corrected chi connectivity index (χ1v) is 9.62. The van der Waals surface area contributed by atoms with Crippen LogP contribution >= 0.6 is 0 Å². The Kier molecular flexibility index (Phi) is 6.68. The minimum Gasteiger partial charge on any atom is -0.508 e. The van der Waals surface area contributed by atoms with Crippen LogP contribution in [0.15, 0.2) is 24.3 Å². The van der Waals surface area contributed by atoms with E-state index in [9.17, 15) is 14.7 Å². The molecule has 2 N–H and O–H groups in total. The predicted molar refractivity (Wildman–Crippen MR) is 99.5 cm³/mol. The van der Waals surface area contributed by atoms with Crippen LogP contribution in [0.5, 0.6) is 5.75 Å². The minimum absolute atomic E-state index is 0.0290. The highest BCUT2D eigenvalue weighted by molar-refractivity contribution is 5.79. The number of hydrogen-bond acceptors (Lipinski definition) is 5. The van der Waals surface area contributed by atoms with E-state index < -0.39 is 5.97 Å². The second-order valence-corrected chi connectivity index (χ2v) is 7.38. The smallest absolute Gasteiger partial charge is 0.303 e. The first-order chi connectivity index (χ1) is 13.0. The molecule has 7 nitrogen and oxygen atoms in total. The molecule has 2 unspecified atom stereocenters. The van der Waals surface area contributed by atoms with Gasteiger partial charge in [0.15, 0.2) is 0 Å². The van der Waals surface area contributed by atoms with Gasteiger partial charge in [-0.05, 0) is 36.5 Å². The summed E-state index contributed by atoms with van der Waals surface area (Å²) in [6.45, 7) is 4.43. The number of piperidine rings is 1. The van der Waals surface area contributed by atoms with E-state index in [4.69, 9.17) is 9.84 Å². The number of nitrogens with zero attached hydrogens (tertiary/aromatic N) is 2. The molecular formula is C20H28N2O5. The summed E-state index contributed by atoms with van der Waals surface area (Å²) in [4.78, 5) is 28.1. The van der Waals surface area contributed by atoms with Gasteiger partial charge in [0.25, 0.3) is 0 Å². The molecule has 148 valence electrons. The van der Waals surface area contributed by atoms with Gasteiger partial charge >= 0.3 is 5.97 Å². The number of hydrogen-bond donors (Lipinski definition) is 2. The number of morpholine rings is 1. The van der Waals surface area contributed by atoms with E-state index in [0.717, 1.165) is 25.1 Å². The molecule has 1 aromatic rings. The number of rotatable bonds is 6. The molecule has 2 fully saturated rings. The van der Waals surface area contributed by atoms with Crippen molar-refractivity contribution in [1.82, 2.24) is 9.80 Å².